The molecule has 0 saturated carbocycles. The highest BCUT2D eigenvalue weighted by Gasteiger charge is 2.38. The van der Waals surface area contributed by atoms with E-state index in [0.717, 1.165) is 17.1 Å². The lowest BCUT2D eigenvalue weighted by Gasteiger charge is -2.28. The molecule has 0 N–H and O–H groups in total. The summed E-state index contributed by atoms with van der Waals surface area (Å²) in [6, 6.07) is 64.1. The molecule has 228 valence electrons. The lowest BCUT2D eigenvalue weighted by molar-refractivity contribution is 0.666. The second-order valence-electron chi connectivity index (χ2n) is 13.3. The highest BCUT2D eigenvalue weighted by Crippen LogP contribution is 2.55. The van der Waals surface area contributed by atoms with Crippen LogP contribution in [-0.4, -0.2) is 0 Å². The van der Waals surface area contributed by atoms with Crippen molar-refractivity contribution in [2.45, 2.75) is 19.3 Å². The number of anilines is 3. The summed E-state index contributed by atoms with van der Waals surface area (Å²) in [6.45, 7) is 4.77. The summed E-state index contributed by atoms with van der Waals surface area (Å²) in [5, 5.41) is 5.26. The first-order valence-electron chi connectivity index (χ1n) is 16.8. The van der Waals surface area contributed by atoms with Gasteiger partial charge in [-0.3, -0.25) is 0 Å². The normalized spacial score (nSPS) is 13.0. The molecule has 1 aliphatic rings. The number of benzene rings is 8. The smallest absolute Gasteiger partial charge is 0.0540 e. The number of fused-ring (bicyclic) bond motifs is 8. The van der Waals surface area contributed by atoms with Crippen LogP contribution in [0.1, 0.15) is 25.0 Å². The third-order valence-electron chi connectivity index (χ3n) is 10.2. The van der Waals surface area contributed by atoms with E-state index >= 15 is 0 Å². The Morgan fingerprint density at radius 1 is 0.396 bits per heavy atom. The van der Waals surface area contributed by atoms with Crippen molar-refractivity contribution < 1.29 is 0 Å². The topological polar surface area (TPSA) is 3.24 Å². The van der Waals surface area contributed by atoms with Crippen molar-refractivity contribution in [3.63, 3.8) is 0 Å². The molecule has 0 atom stereocenters. The Morgan fingerprint density at radius 2 is 0.958 bits per heavy atom. The zero-order valence-electron chi connectivity index (χ0n) is 27.2. The van der Waals surface area contributed by atoms with Crippen molar-refractivity contribution in [3.8, 4) is 33.4 Å². The van der Waals surface area contributed by atoms with Gasteiger partial charge in [0.1, 0.15) is 0 Å². The van der Waals surface area contributed by atoms with Gasteiger partial charge in [0.15, 0.2) is 0 Å². The molecule has 8 aromatic carbocycles. The van der Waals surface area contributed by atoms with E-state index in [-0.39, 0.29) is 5.41 Å². The lowest BCUT2D eigenvalue weighted by atomic mass is 9.79. The monoisotopic (exact) mass is 613 g/mol. The minimum atomic E-state index is -0.0936. The number of rotatable bonds is 5. The van der Waals surface area contributed by atoms with Crippen LogP contribution in [0.3, 0.4) is 0 Å². The maximum Gasteiger partial charge on any atom is 0.0540 e. The molecular formula is C47H35N. The Kier molecular flexibility index (Phi) is 6.55. The van der Waals surface area contributed by atoms with Gasteiger partial charge in [0.25, 0.3) is 0 Å². The van der Waals surface area contributed by atoms with Gasteiger partial charge in [-0.05, 0) is 96.9 Å². The van der Waals surface area contributed by atoms with Crippen LogP contribution in [0.4, 0.5) is 17.1 Å². The zero-order chi connectivity index (χ0) is 32.2. The van der Waals surface area contributed by atoms with E-state index in [4.69, 9.17) is 0 Å². The van der Waals surface area contributed by atoms with Crippen molar-refractivity contribution >= 4 is 38.6 Å². The molecule has 0 unspecified atom stereocenters. The third-order valence-corrected chi connectivity index (χ3v) is 10.2. The van der Waals surface area contributed by atoms with E-state index in [9.17, 15) is 0 Å². The summed E-state index contributed by atoms with van der Waals surface area (Å²) >= 11 is 0. The van der Waals surface area contributed by atoms with Crippen molar-refractivity contribution in [1.82, 2.24) is 0 Å². The summed E-state index contributed by atoms with van der Waals surface area (Å²) < 4.78 is 0. The van der Waals surface area contributed by atoms with Crippen LogP contribution >= 0.6 is 0 Å². The van der Waals surface area contributed by atoms with Crippen molar-refractivity contribution in [2.75, 3.05) is 4.90 Å². The Bertz CT molecular complexity index is 2460. The summed E-state index contributed by atoms with van der Waals surface area (Å²) in [7, 11) is 0. The van der Waals surface area contributed by atoms with Crippen molar-refractivity contribution in [1.29, 1.82) is 0 Å². The van der Waals surface area contributed by atoms with Crippen LogP contribution in [0.15, 0.2) is 176 Å². The summed E-state index contributed by atoms with van der Waals surface area (Å²) in [4.78, 5) is 2.38. The van der Waals surface area contributed by atoms with Gasteiger partial charge in [0, 0.05) is 22.4 Å². The van der Waals surface area contributed by atoms with E-state index in [0.29, 0.717) is 0 Å². The van der Waals surface area contributed by atoms with Crippen LogP contribution in [0.2, 0.25) is 0 Å². The fourth-order valence-electron chi connectivity index (χ4n) is 8.02. The largest absolute Gasteiger partial charge is 0.310 e. The van der Waals surface area contributed by atoms with E-state index in [1.54, 1.807) is 0 Å². The first-order valence-corrected chi connectivity index (χ1v) is 16.8. The highest BCUT2D eigenvalue weighted by molar-refractivity contribution is 6.19. The van der Waals surface area contributed by atoms with Gasteiger partial charge >= 0.3 is 0 Å². The van der Waals surface area contributed by atoms with Gasteiger partial charge in [-0.2, -0.15) is 0 Å². The zero-order valence-corrected chi connectivity index (χ0v) is 27.2. The minimum Gasteiger partial charge on any atom is -0.310 e. The quantitative estimate of drug-likeness (QED) is 0.175. The van der Waals surface area contributed by atoms with E-state index in [1.807, 2.05) is 0 Å². The summed E-state index contributed by atoms with van der Waals surface area (Å²) in [6.07, 6.45) is 0. The number of hydrogen-bond acceptors (Lipinski definition) is 1. The van der Waals surface area contributed by atoms with E-state index in [2.05, 4.69) is 195 Å². The van der Waals surface area contributed by atoms with Crippen LogP contribution in [0.5, 0.6) is 0 Å². The molecule has 0 bridgehead atoms. The third kappa shape index (κ3) is 4.39. The first kappa shape index (κ1) is 28.3. The van der Waals surface area contributed by atoms with Gasteiger partial charge in [-0.25, -0.2) is 0 Å². The molecule has 1 nitrogen and oxygen atoms in total. The number of para-hydroxylation sites is 2. The van der Waals surface area contributed by atoms with Gasteiger partial charge in [0.2, 0.25) is 0 Å². The SMILES string of the molecule is CC1(C)c2ccccc2-c2c1c1ccc(-c3ccccc3N(c3ccccc3)c3ccc(-c4ccccc4)cc3)cc1c1ccccc21. The molecule has 48 heavy (non-hydrogen) atoms. The predicted molar refractivity (Wildman–Crippen MR) is 205 cm³/mol. The molecule has 1 aliphatic carbocycles. The maximum absolute atomic E-state index is 2.43. The summed E-state index contributed by atoms with van der Waals surface area (Å²) in [5.74, 6) is 0. The van der Waals surface area contributed by atoms with Crippen molar-refractivity contribution in [3.05, 3.63) is 187 Å². The van der Waals surface area contributed by atoms with Crippen LogP contribution < -0.4 is 4.90 Å². The summed E-state index contributed by atoms with van der Waals surface area (Å²) in [5.41, 5.74) is 13.7. The average Bonchev–Trinajstić information content (AvgIpc) is 3.40. The maximum atomic E-state index is 2.43. The molecule has 1 heteroatoms. The standard InChI is InChI=1S/C47H35N/c1-47(2)43-23-13-11-22-41(43)45-39-21-10-9-20-38(39)42-31-34(27-30-40(42)46(45)47)37-19-12-14-24-44(37)48(35-17-7-4-8-18-35)36-28-25-33(26-29-36)32-15-5-3-6-16-32/h3-31H,1-2H3. The van der Waals surface area contributed by atoms with Gasteiger partial charge < -0.3 is 4.90 Å². The molecule has 9 rings (SSSR count). The molecule has 0 spiro atoms. The fourth-order valence-corrected chi connectivity index (χ4v) is 8.02. The molecule has 0 radical (unpaired) electrons. The van der Waals surface area contributed by atoms with Crippen LogP contribution in [-0.2, 0) is 5.41 Å². The molecule has 0 saturated heterocycles. The van der Waals surface area contributed by atoms with Crippen LogP contribution in [0.25, 0.3) is 54.9 Å². The van der Waals surface area contributed by atoms with Gasteiger partial charge in [0.05, 0.1) is 5.69 Å². The molecular weight excluding hydrogens is 579 g/mol. The Labute approximate surface area is 282 Å². The van der Waals surface area contributed by atoms with E-state index in [1.165, 1.54) is 66.1 Å². The lowest BCUT2D eigenvalue weighted by Crippen LogP contribution is -2.15. The second-order valence-corrected chi connectivity index (χ2v) is 13.3. The minimum absolute atomic E-state index is 0.0936. The molecule has 8 aromatic rings. The first-order chi connectivity index (χ1) is 23.6. The molecule has 0 aromatic heterocycles. The highest BCUT2D eigenvalue weighted by atomic mass is 15.1. The number of nitrogens with zero attached hydrogens (tertiary/aromatic N) is 1. The Hall–Kier alpha value is -5.92. The molecule has 0 aliphatic heterocycles. The Morgan fingerprint density at radius 3 is 1.73 bits per heavy atom. The molecule has 0 amide bonds. The Balaban J connectivity index is 1.24. The van der Waals surface area contributed by atoms with Gasteiger partial charge in [-0.15, -0.1) is 0 Å². The second kappa shape index (κ2) is 11.1. The molecule has 0 fully saturated rings. The predicted octanol–water partition coefficient (Wildman–Crippen LogP) is 13.1. The van der Waals surface area contributed by atoms with Crippen LogP contribution in [0, 0.1) is 0 Å². The molecule has 0 heterocycles. The van der Waals surface area contributed by atoms with E-state index < -0.39 is 0 Å². The van der Waals surface area contributed by atoms with Gasteiger partial charge in [-0.1, -0.05) is 153 Å². The van der Waals surface area contributed by atoms with Crippen molar-refractivity contribution in [2.24, 2.45) is 0 Å². The fraction of sp³-hybridized carbons (Fsp3) is 0.0638. The average molecular weight is 614 g/mol. The number of hydrogen-bond donors (Lipinski definition) is 0.